The smallest absolute Gasteiger partial charge is 0.239 e. The number of rotatable bonds is 7. The van der Waals surface area contributed by atoms with Gasteiger partial charge < -0.3 is 15.8 Å². The molecule has 6 nitrogen and oxygen atoms in total. The van der Waals surface area contributed by atoms with Crippen molar-refractivity contribution < 1.29 is 9.53 Å². The zero-order valence-electron chi connectivity index (χ0n) is 13.9. The summed E-state index contributed by atoms with van der Waals surface area (Å²) in [4.78, 5) is 11.8. The van der Waals surface area contributed by atoms with Crippen molar-refractivity contribution in [1.29, 1.82) is 0 Å². The summed E-state index contributed by atoms with van der Waals surface area (Å²) < 4.78 is 7.90. The maximum atomic E-state index is 11.8. The maximum absolute atomic E-state index is 11.8. The molecule has 0 aliphatic carbocycles. The topological polar surface area (TPSA) is 82.2 Å². The molecule has 3 atom stereocenters. The maximum Gasteiger partial charge on any atom is 0.239 e. The number of amides is 1. The molecule has 1 saturated heterocycles. The van der Waals surface area contributed by atoms with E-state index in [0.29, 0.717) is 6.54 Å². The zero-order chi connectivity index (χ0) is 16.9. The molecule has 2 aromatic rings. The van der Waals surface area contributed by atoms with Crippen molar-refractivity contribution in [3.8, 4) is 0 Å². The van der Waals surface area contributed by atoms with Gasteiger partial charge in [0.05, 0.1) is 5.69 Å². The summed E-state index contributed by atoms with van der Waals surface area (Å²) in [6.45, 7) is 4.27. The number of hydrogen-bond donors (Lipinski definition) is 2. The van der Waals surface area contributed by atoms with E-state index in [1.54, 1.807) is 6.20 Å². The number of benzene rings is 1. The van der Waals surface area contributed by atoms with Crippen LogP contribution in [0.5, 0.6) is 0 Å². The Balaban J connectivity index is 1.69. The van der Waals surface area contributed by atoms with Crippen LogP contribution in [0.2, 0.25) is 0 Å². The second-order valence-electron chi connectivity index (χ2n) is 6.07. The van der Waals surface area contributed by atoms with Crippen LogP contribution in [0, 0.1) is 5.92 Å². The molecule has 1 unspecified atom stereocenters. The second-order valence-corrected chi connectivity index (χ2v) is 6.07. The lowest BCUT2D eigenvalue weighted by Gasteiger charge is -2.23. The molecule has 3 N–H and O–H groups in total. The highest BCUT2D eigenvalue weighted by molar-refractivity contribution is 5.81. The Morgan fingerprint density at radius 3 is 2.92 bits per heavy atom. The van der Waals surface area contributed by atoms with E-state index in [2.05, 4.69) is 17.3 Å². The van der Waals surface area contributed by atoms with Crippen LogP contribution in [-0.2, 0) is 16.1 Å². The summed E-state index contributed by atoms with van der Waals surface area (Å²) in [6, 6.07) is 11.1. The number of hydrogen-bond acceptors (Lipinski definition) is 4. The molecule has 0 spiro atoms. The lowest BCUT2D eigenvalue weighted by Crippen LogP contribution is -2.37. The van der Waals surface area contributed by atoms with Crippen LogP contribution in [0.1, 0.15) is 36.7 Å². The summed E-state index contributed by atoms with van der Waals surface area (Å²) in [5, 5.41) is 7.65. The number of nitrogens with zero attached hydrogens (tertiary/aromatic N) is 2. The molecule has 1 amide bonds. The average Bonchev–Trinajstić information content (AvgIpc) is 3.23. The molecule has 6 heteroatoms. The van der Waals surface area contributed by atoms with Gasteiger partial charge in [-0.15, -0.1) is 0 Å². The summed E-state index contributed by atoms with van der Waals surface area (Å²) in [5.74, 6) is -0.0761. The van der Waals surface area contributed by atoms with Gasteiger partial charge >= 0.3 is 0 Å². The Morgan fingerprint density at radius 1 is 1.42 bits per heavy atom. The summed E-state index contributed by atoms with van der Waals surface area (Å²) in [5.41, 5.74) is 7.56. The fourth-order valence-electron chi connectivity index (χ4n) is 3.32. The first kappa shape index (κ1) is 16.7. The van der Waals surface area contributed by atoms with Crippen molar-refractivity contribution in [2.45, 2.75) is 32.0 Å². The average molecular weight is 328 g/mol. The quantitative estimate of drug-likeness (QED) is 0.812. The largest absolute Gasteiger partial charge is 0.372 e. The molecular formula is C18H24N4O2. The Labute approximate surface area is 142 Å². The first-order chi connectivity index (χ1) is 11.7. The predicted molar refractivity (Wildman–Crippen MR) is 91.1 cm³/mol. The predicted octanol–water partition coefficient (Wildman–Crippen LogP) is 1.80. The van der Waals surface area contributed by atoms with Gasteiger partial charge in [0.1, 0.15) is 12.1 Å². The number of nitrogens with two attached hydrogens (primary N) is 1. The van der Waals surface area contributed by atoms with Crippen LogP contribution >= 0.6 is 0 Å². The minimum absolute atomic E-state index is 0.00394. The minimum atomic E-state index is -0.483. The number of aryl methyl sites for hydroxylation is 1. The van der Waals surface area contributed by atoms with E-state index in [9.17, 15) is 4.79 Å². The summed E-state index contributed by atoms with van der Waals surface area (Å²) >= 11 is 0. The highest BCUT2D eigenvalue weighted by Crippen LogP contribution is 2.34. The van der Waals surface area contributed by atoms with E-state index >= 15 is 0 Å². The van der Waals surface area contributed by atoms with Gasteiger partial charge in [0, 0.05) is 31.8 Å². The normalized spacial score (nSPS) is 21.7. The van der Waals surface area contributed by atoms with Crippen molar-refractivity contribution in [2.75, 3.05) is 13.2 Å². The van der Waals surface area contributed by atoms with Gasteiger partial charge in [0.15, 0.2) is 0 Å². The third-order valence-corrected chi connectivity index (χ3v) is 4.56. The number of primary amides is 1. The van der Waals surface area contributed by atoms with E-state index in [4.69, 9.17) is 10.5 Å². The van der Waals surface area contributed by atoms with Crippen LogP contribution < -0.4 is 11.1 Å². The molecule has 2 heterocycles. The first-order valence-corrected chi connectivity index (χ1v) is 8.41. The summed E-state index contributed by atoms with van der Waals surface area (Å²) in [7, 11) is 0. The van der Waals surface area contributed by atoms with Gasteiger partial charge in [-0.05, 0) is 25.0 Å². The number of ether oxygens (including phenoxy) is 1. The number of nitrogens with one attached hydrogen (secondary N) is 1. The molecule has 0 radical (unpaired) electrons. The van der Waals surface area contributed by atoms with E-state index in [1.165, 1.54) is 0 Å². The monoisotopic (exact) mass is 328 g/mol. The van der Waals surface area contributed by atoms with Gasteiger partial charge in [0.25, 0.3) is 0 Å². The van der Waals surface area contributed by atoms with Crippen molar-refractivity contribution >= 4 is 5.91 Å². The molecule has 0 saturated carbocycles. The Kier molecular flexibility index (Phi) is 5.27. The lowest BCUT2D eigenvalue weighted by molar-refractivity contribution is -0.120. The second kappa shape index (κ2) is 7.59. The molecule has 128 valence electrons. The van der Waals surface area contributed by atoms with Gasteiger partial charge in [-0.3, -0.25) is 9.48 Å². The third kappa shape index (κ3) is 3.49. The van der Waals surface area contributed by atoms with Gasteiger partial charge in [-0.2, -0.15) is 5.10 Å². The molecular weight excluding hydrogens is 304 g/mol. The van der Waals surface area contributed by atoms with Crippen LogP contribution in [0.15, 0.2) is 42.6 Å². The van der Waals surface area contributed by atoms with Crippen molar-refractivity contribution in [2.24, 2.45) is 11.7 Å². The van der Waals surface area contributed by atoms with E-state index < -0.39 is 6.04 Å². The highest BCUT2D eigenvalue weighted by atomic mass is 16.5. The molecule has 1 aliphatic rings. The van der Waals surface area contributed by atoms with Crippen LogP contribution in [0.3, 0.4) is 0 Å². The minimum Gasteiger partial charge on any atom is -0.372 e. The molecule has 3 rings (SSSR count). The Morgan fingerprint density at radius 2 is 2.21 bits per heavy atom. The third-order valence-electron chi connectivity index (χ3n) is 4.56. The molecule has 24 heavy (non-hydrogen) atoms. The summed E-state index contributed by atoms with van der Waals surface area (Å²) in [6.07, 6.45) is 2.76. The molecule has 0 bridgehead atoms. The number of carbonyl (C=O) groups excluding carboxylic acids is 1. The van der Waals surface area contributed by atoms with Crippen molar-refractivity contribution in [1.82, 2.24) is 15.1 Å². The van der Waals surface area contributed by atoms with E-state index in [1.807, 2.05) is 41.1 Å². The van der Waals surface area contributed by atoms with Crippen LogP contribution in [-0.4, -0.2) is 28.8 Å². The standard InChI is InChI=1S/C18H24N4O2/c1-2-22-15(8-10-21-22)17-14(9-11-24-17)12-20-16(18(19)23)13-6-4-3-5-7-13/h3-8,10,14,16-17,20H,2,9,11-12H2,1H3,(H2,19,23)/t14-,16?,17+/m0/s1. The van der Waals surface area contributed by atoms with E-state index in [-0.39, 0.29) is 17.9 Å². The molecule has 1 aromatic heterocycles. The zero-order valence-corrected chi connectivity index (χ0v) is 13.9. The van der Waals surface area contributed by atoms with Crippen molar-refractivity contribution in [3.05, 3.63) is 53.9 Å². The van der Waals surface area contributed by atoms with Gasteiger partial charge in [0.2, 0.25) is 5.91 Å². The molecule has 1 aromatic carbocycles. The SMILES string of the molecule is CCn1nccc1[C@@H]1OCC[C@H]1CNC(C(N)=O)c1ccccc1. The van der Waals surface area contributed by atoms with Crippen molar-refractivity contribution in [3.63, 3.8) is 0 Å². The number of aromatic nitrogens is 2. The van der Waals surface area contributed by atoms with Gasteiger partial charge in [-0.25, -0.2) is 0 Å². The molecule has 1 fully saturated rings. The Bertz CT molecular complexity index is 671. The number of carbonyl (C=O) groups is 1. The highest BCUT2D eigenvalue weighted by Gasteiger charge is 2.32. The lowest BCUT2D eigenvalue weighted by atomic mass is 9.97. The van der Waals surface area contributed by atoms with Crippen LogP contribution in [0.4, 0.5) is 0 Å². The fraction of sp³-hybridized carbons (Fsp3) is 0.444. The first-order valence-electron chi connectivity index (χ1n) is 8.41. The van der Waals surface area contributed by atoms with Crippen LogP contribution in [0.25, 0.3) is 0 Å². The molecule has 1 aliphatic heterocycles. The Hall–Kier alpha value is -2.18. The fourth-order valence-corrected chi connectivity index (χ4v) is 3.32. The van der Waals surface area contributed by atoms with E-state index in [0.717, 1.165) is 30.8 Å². The van der Waals surface area contributed by atoms with Gasteiger partial charge in [-0.1, -0.05) is 30.3 Å².